The third-order valence-corrected chi connectivity index (χ3v) is 3.27. The number of ketones is 1. The number of nitrogens with zero attached hydrogens (tertiary/aromatic N) is 1. The molecule has 0 aromatic carbocycles. The van der Waals surface area contributed by atoms with Crippen molar-refractivity contribution in [2.75, 3.05) is 0 Å². The minimum atomic E-state index is 0.175. The average Bonchev–Trinajstić information content (AvgIpc) is 2.29. The Morgan fingerprint density at radius 1 is 1.22 bits per heavy atom. The molecular weight excluding hydrogens is 222 g/mol. The molecule has 0 radical (unpaired) electrons. The molecule has 100 valence electrons. The van der Waals surface area contributed by atoms with Crippen LogP contribution in [0, 0.1) is 17.8 Å². The Bertz CT molecular complexity index is 357. The third-order valence-electron chi connectivity index (χ3n) is 3.27. The molecule has 18 heavy (non-hydrogen) atoms. The number of hydrogen-bond acceptors (Lipinski definition) is 2. The molecule has 0 N–H and O–H groups in total. The Morgan fingerprint density at radius 2 is 1.94 bits per heavy atom. The standard InChI is InChI=1S/C16H25NO/c1-12(2)11-16(18)15(13(3)4)9-8-14-7-5-6-10-17-14/h5-7,10,12-13,15H,8-9,11H2,1-4H3. The highest BCUT2D eigenvalue weighted by molar-refractivity contribution is 5.81. The largest absolute Gasteiger partial charge is 0.299 e. The summed E-state index contributed by atoms with van der Waals surface area (Å²) >= 11 is 0. The second-order valence-electron chi connectivity index (χ2n) is 5.77. The van der Waals surface area contributed by atoms with E-state index < -0.39 is 0 Å². The quantitative estimate of drug-likeness (QED) is 0.731. The van der Waals surface area contributed by atoms with Gasteiger partial charge in [-0.1, -0.05) is 33.8 Å². The molecule has 1 atom stereocenters. The number of carbonyl (C=O) groups is 1. The summed E-state index contributed by atoms with van der Waals surface area (Å²) in [6.07, 6.45) is 4.33. The highest BCUT2D eigenvalue weighted by Crippen LogP contribution is 2.21. The molecule has 2 nitrogen and oxygen atoms in total. The van der Waals surface area contributed by atoms with Crippen LogP contribution in [0.15, 0.2) is 24.4 Å². The van der Waals surface area contributed by atoms with E-state index in [1.54, 1.807) is 0 Å². The summed E-state index contributed by atoms with van der Waals surface area (Å²) in [6.45, 7) is 8.49. The Balaban J connectivity index is 2.56. The molecule has 0 aliphatic rings. The Labute approximate surface area is 111 Å². The second kappa shape index (κ2) is 7.30. The zero-order chi connectivity index (χ0) is 13.5. The van der Waals surface area contributed by atoms with Gasteiger partial charge in [-0.05, 0) is 36.8 Å². The first kappa shape index (κ1) is 14.9. The number of Topliss-reactive ketones (excluding diaryl/α,β-unsaturated/α-hetero) is 1. The van der Waals surface area contributed by atoms with Gasteiger partial charge in [0.25, 0.3) is 0 Å². The number of carbonyl (C=O) groups excluding carboxylic acids is 1. The smallest absolute Gasteiger partial charge is 0.136 e. The van der Waals surface area contributed by atoms with Crippen molar-refractivity contribution in [3.8, 4) is 0 Å². The molecule has 0 saturated heterocycles. The van der Waals surface area contributed by atoms with E-state index in [9.17, 15) is 4.79 Å². The highest BCUT2D eigenvalue weighted by atomic mass is 16.1. The van der Waals surface area contributed by atoms with Crippen LogP contribution in [0.3, 0.4) is 0 Å². The van der Waals surface area contributed by atoms with E-state index in [1.807, 2.05) is 24.4 Å². The molecule has 2 heteroatoms. The fraction of sp³-hybridized carbons (Fsp3) is 0.625. The van der Waals surface area contributed by atoms with E-state index in [2.05, 4.69) is 32.7 Å². The molecule has 0 spiro atoms. The summed E-state index contributed by atoms with van der Waals surface area (Å²) < 4.78 is 0. The van der Waals surface area contributed by atoms with Crippen molar-refractivity contribution in [2.24, 2.45) is 17.8 Å². The number of aryl methyl sites for hydroxylation is 1. The molecule has 0 amide bonds. The minimum absolute atomic E-state index is 0.175. The Hall–Kier alpha value is -1.18. The molecule has 1 rings (SSSR count). The van der Waals surface area contributed by atoms with E-state index >= 15 is 0 Å². The lowest BCUT2D eigenvalue weighted by Gasteiger charge is -2.20. The number of pyridine rings is 1. The van der Waals surface area contributed by atoms with Crippen LogP contribution in [0.4, 0.5) is 0 Å². The van der Waals surface area contributed by atoms with E-state index in [0.29, 0.717) is 24.0 Å². The van der Waals surface area contributed by atoms with Crippen LogP contribution >= 0.6 is 0 Å². The summed E-state index contributed by atoms with van der Waals surface area (Å²) in [5.74, 6) is 1.46. The third kappa shape index (κ3) is 4.99. The van der Waals surface area contributed by atoms with Gasteiger partial charge in [0, 0.05) is 24.2 Å². The maximum atomic E-state index is 12.2. The number of aromatic nitrogens is 1. The molecule has 1 heterocycles. The molecule has 1 unspecified atom stereocenters. The van der Waals surface area contributed by atoms with Crippen LogP contribution in [0.5, 0.6) is 0 Å². The van der Waals surface area contributed by atoms with Gasteiger partial charge in [0.2, 0.25) is 0 Å². The maximum Gasteiger partial charge on any atom is 0.136 e. The predicted octanol–water partition coefficient (Wildman–Crippen LogP) is 3.90. The van der Waals surface area contributed by atoms with Crippen molar-refractivity contribution in [1.29, 1.82) is 0 Å². The van der Waals surface area contributed by atoms with Gasteiger partial charge in [-0.3, -0.25) is 9.78 Å². The van der Waals surface area contributed by atoms with Crippen LogP contribution in [0.2, 0.25) is 0 Å². The lowest BCUT2D eigenvalue weighted by Crippen LogP contribution is -2.22. The molecule has 0 aliphatic heterocycles. The normalized spacial score (nSPS) is 13.0. The summed E-state index contributed by atoms with van der Waals surface area (Å²) in [5.41, 5.74) is 1.08. The monoisotopic (exact) mass is 247 g/mol. The minimum Gasteiger partial charge on any atom is -0.299 e. The fourth-order valence-corrected chi connectivity index (χ4v) is 2.27. The fourth-order valence-electron chi connectivity index (χ4n) is 2.27. The summed E-state index contributed by atoms with van der Waals surface area (Å²) in [5, 5.41) is 0. The summed E-state index contributed by atoms with van der Waals surface area (Å²) in [6, 6.07) is 5.96. The van der Waals surface area contributed by atoms with Gasteiger partial charge in [0.05, 0.1) is 0 Å². The zero-order valence-electron chi connectivity index (χ0n) is 12.0. The molecule has 1 aromatic rings. The maximum absolute atomic E-state index is 12.2. The van der Waals surface area contributed by atoms with Gasteiger partial charge in [-0.15, -0.1) is 0 Å². The molecule has 0 saturated carbocycles. The number of hydrogen-bond donors (Lipinski definition) is 0. The van der Waals surface area contributed by atoms with Gasteiger partial charge in [-0.2, -0.15) is 0 Å². The lowest BCUT2D eigenvalue weighted by atomic mass is 9.84. The van der Waals surface area contributed by atoms with Crippen LogP contribution in [0.25, 0.3) is 0 Å². The SMILES string of the molecule is CC(C)CC(=O)C(CCc1ccccn1)C(C)C. The van der Waals surface area contributed by atoms with Gasteiger partial charge in [-0.25, -0.2) is 0 Å². The van der Waals surface area contributed by atoms with Crippen molar-refractivity contribution in [2.45, 2.75) is 47.0 Å². The van der Waals surface area contributed by atoms with Crippen LogP contribution in [-0.4, -0.2) is 10.8 Å². The summed E-state index contributed by atoms with van der Waals surface area (Å²) in [4.78, 5) is 16.5. The van der Waals surface area contributed by atoms with Crippen molar-refractivity contribution < 1.29 is 4.79 Å². The molecule has 1 aromatic heterocycles. The summed E-state index contributed by atoms with van der Waals surface area (Å²) in [7, 11) is 0. The van der Waals surface area contributed by atoms with Crippen LogP contribution in [-0.2, 0) is 11.2 Å². The first-order valence-corrected chi connectivity index (χ1v) is 6.93. The Morgan fingerprint density at radius 3 is 2.44 bits per heavy atom. The van der Waals surface area contributed by atoms with E-state index in [0.717, 1.165) is 18.5 Å². The molecule has 0 aliphatic carbocycles. The van der Waals surface area contributed by atoms with Gasteiger partial charge in [0.1, 0.15) is 5.78 Å². The lowest BCUT2D eigenvalue weighted by molar-refractivity contribution is -0.125. The topological polar surface area (TPSA) is 30.0 Å². The van der Waals surface area contributed by atoms with Crippen molar-refractivity contribution in [3.63, 3.8) is 0 Å². The highest BCUT2D eigenvalue weighted by Gasteiger charge is 2.22. The van der Waals surface area contributed by atoms with E-state index in [4.69, 9.17) is 0 Å². The van der Waals surface area contributed by atoms with Crippen molar-refractivity contribution in [3.05, 3.63) is 30.1 Å². The van der Waals surface area contributed by atoms with E-state index in [1.165, 1.54) is 0 Å². The predicted molar refractivity (Wildman–Crippen MR) is 75.3 cm³/mol. The number of rotatable bonds is 7. The van der Waals surface area contributed by atoms with Gasteiger partial charge >= 0.3 is 0 Å². The van der Waals surface area contributed by atoms with Gasteiger partial charge in [0.15, 0.2) is 0 Å². The van der Waals surface area contributed by atoms with Gasteiger partial charge < -0.3 is 0 Å². The van der Waals surface area contributed by atoms with Crippen LogP contribution in [0.1, 0.15) is 46.2 Å². The molecule has 0 fully saturated rings. The van der Waals surface area contributed by atoms with E-state index in [-0.39, 0.29) is 5.92 Å². The van der Waals surface area contributed by atoms with Crippen molar-refractivity contribution in [1.82, 2.24) is 4.98 Å². The molecular formula is C16H25NO. The first-order chi connectivity index (χ1) is 8.50. The first-order valence-electron chi connectivity index (χ1n) is 6.93. The zero-order valence-corrected chi connectivity index (χ0v) is 12.0. The Kier molecular flexibility index (Phi) is 6.03. The molecule has 0 bridgehead atoms. The average molecular weight is 247 g/mol. The van der Waals surface area contributed by atoms with Crippen molar-refractivity contribution >= 4 is 5.78 Å². The van der Waals surface area contributed by atoms with Crippen LogP contribution < -0.4 is 0 Å². The second-order valence-corrected chi connectivity index (χ2v) is 5.77.